The number of nitrogens with one attached hydrogen (secondary N) is 2. The van der Waals surface area contributed by atoms with Gasteiger partial charge in [-0.25, -0.2) is 5.84 Å². The van der Waals surface area contributed by atoms with Crippen molar-refractivity contribution < 1.29 is 4.79 Å². The highest BCUT2D eigenvalue weighted by atomic mass is 16.2. The van der Waals surface area contributed by atoms with E-state index in [1.807, 2.05) is 24.3 Å². The number of para-hydroxylation sites is 1. The van der Waals surface area contributed by atoms with Crippen LogP contribution in [0.25, 0.3) is 0 Å². The number of nitrogens with two attached hydrogens (primary N) is 1. The zero-order valence-electron chi connectivity index (χ0n) is 9.08. The molecule has 1 rings (SSSR count). The molecule has 1 atom stereocenters. The van der Waals surface area contributed by atoms with E-state index in [0.717, 1.165) is 12.1 Å². The van der Waals surface area contributed by atoms with Crippen LogP contribution in [-0.4, -0.2) is 11.9 Å². The van der Waals surface area contributed by atoms with Gasteiger partial charge in [-0.15, -0.1) is 0 Å². The third-order valence-corrected chi connectivity index (χ3v) is 2.31. The maximum absolute atomic E-state index is 11.2. The van der Waals surface area contributed by atoms with Crippen LogP contribution in [0.3, 0.4) is 0 Å². The molecule has 0 saturated heterocycles. The molecule has 0 aromatic heterocycles. The van der Waals surface area contributed by atoms with Gasteiger partial charge in [0.15, 0.2) is 0 Å². The average Bonchev–Trinajstić information content (AvgIpc) is 2.28. The van der Waals surface area contributed by atoms with E-state index in [1.165, 1.54) is 5.56 Å². The predicted octanol–water partition coefficient (Wildman–Crippen LogP) is 1.04. The zero-order valence-corrected chi connectivity index (χ0v) is 9.08. The van der Waals surface area contributed by atoms with E-state index in [2.05, 4.69) is 17.7 Å². The van der Waals surface area contributed by atoms with E-state index in [-0.39, 0.29) is 11.9 Å². The Labute approximate surface area is 89.8 Å². The largest absolute Gasteiger partial charge is 0.374 e. The number of carbonyl (C=O) groups is 1. The van der Waals surface area contributed by atoms with Crippen LogP contribution >= 0.6 is 0 Å². The van der Waals surface area contributed by atoms with Crippen molar-refractivity contribution in [1.82, 2.24) is 5.43 Å². The third kappa shape index (κ3) is 2.95. The van der Waals surface area contributed by atoms with Crippen LogP contribution < -0.4 is 16.6 Å². The van der Waals surface area contributed by atoms with E-state index in [1.54, 1.807) is 6.92 Å². The first kappa shape index (κ1) is 11.5. The average molecular weight is 207 g/mol. The lowest BCUT2D eigenvalue weighted by Crippen LogP contribution is -2.41. The molecule has 82 valence electrons. The number of hydrazine groups is 1. The smallest absolute Gasteiger partial charge is 0.256 e. The summed E-state index contributed by atoms with van der Waals surface area (Å²) < 4.78 is 0. The second kappa shape index (κ2) is 5.36. The van der Waals surface area contributed by atoms with Crippen molar-refractivity contribution in [1.29, 1.82) is 0 Å². The van der Waals surface area contributed by atoms with Gasteiger partial charge in [0.05, 0.1) is 0 Å². The van der Waals surface area contributed by atoms with Crippen LogP contribution in [0.5, 0.6) is 0 Å². The van der Waals surface area contributed by atoms with Crippen LogP contribution in [0, 0.1) is 0 Å². The molecule has 4 heteroatoms. The molecule has 0 aliphatic carbocycles. The number of carbonyl (C=O) groups excluding carboxylic acids is 1. The standard InChI is InChI=1S/C11H17N3O/c1-3-9-6-4-5-7-10(9)13-8(2)11(15)14-12/h4-8,13H,3,12H2,1-2H3,(H,14,15). The second-order valence-electron chi connectivity index (χ2n) is 3.39. The first-order chi connectivity index (χ1) is 7.19. The second-order valence-corrected chi connectivity index (χ2v) is 3.39. The van der Waals surface area contributed by atoms with Crippen molar-refractivity contribution in [3.05, 3.63) is 29.8 Å². The van der Waals surface area contributed by atoms with Gasteiger partial charge in [0, 0.05) is 5.69 Å². The Balaban J connectivity index is 2.75. The Morgan fingerprint density at radius 3 is 2.73 bits per heavy atom. The van der Waals surface area contributed by atoms with E-state index in [0.29, 0.717) is 0 Å². The molecular weight excluding hydrogens is 190 g/mol. The Morgan fingerprint density at radius 2 is 2.13 bits per heavy atom. The topological polar surface area (TPSA) is 67.2 Å². The summed E-state index contributed by atoms with van der Waals surface area (Å²) in [6.07, 6.45) is 0.931. The van der Waals surface area contributed by atoms with Gasteiger partial charge in [-0.2, -0.15) is 0 Å². The number of rotatable bonds is 4. The highest BCUT2D eigenvalue weighted by Crippen LogP contribution is 2.16. The fourth-order valence-electron chi connectivity index (χ4n) is 1.39. The monoisotopic (exact) mass is 207 g/mol. The molecule has 1 aromatic rings. The molecule has 4 nitrogen and oxygen atoms in total. The number of amides is 1. The van der Waals surface area contributed by atoms with Gasteiger partial charge < -0.3 is 5.32 Å². The molecule has 1 unspecified atom stereocenters. The van der Waals surface area contributed by atoms with Crippen molar-refractivity contribution in [3.8, 4) is 0 Å². The maximum Gasteiger partial charge on any atom is 0.256 e. The van der Waals surface area contributed by atoms with Crippen molar-refractivity contribution in [3.63, 3.8) is 0 Å². The molecule has 0 saturated carbocycles. The van der Waals surface area contributed by atoms with Crippen LogP contribution in [0.4, 0.5) is 5.69 Å². The first-order valence-corrected chi connectivity index (χ1v) is 5.04. The number of benzene rings is 1. The zero-order chi connectivity index (χ0) is 11.3. The number of hydrogen-bond acceptors (Lipinski definition) is 3. The lowest BCUT2D eigenvalue weighted by Gasteiger charge is -2.16. The molecule has 1 amide bonds. The van der Waals surface area contributed by atoms with Gasteiger partial charge >= 0.3 is 0 Å². The van der Waals surface area contributed by atoms with Gasteiger partial charge in [0.2, 0.25) is 0 Å². The summed E-state index contributed by atoms with van der Waals surface area (Å²) in [6, 6.07) is 7.59. The summed E-state index contributed by atoms with van der Waals surface area (Å²) in [5, 5.41) is 3.12. The van der Waals surface area contributed by atoms with Crippen LogP contribution in [0.15, 0.2) is 24.3 Å². The Bertz CT molecular complexity index is 338. The Hall–Kier alpha value is -1.55. The van der Waals surface area contributed by atoms with E-state index in [9.17, 15) is 4.79 Å². The minimum atomic E-state index is -0.331. The minimum absolute atomic E-state index is 0.221. The fraction of sp³-hybridized carbons (Fsp3) is 0.364. The van der Waals surface area contributed by atoms with E-state index in [4.69, 9.17) is 5.84 Å². The molecule has 0 bridgehead atoms. The number of anilines is 1. The Morgan fingerprint density at radius 1 is 1.47 bits per heavy atom. The lowest BCUT2D eigenvalue weighted by atomic mass is 10.1. The molecular formula is C11H17N3O. The van der Waals surface area contributed by atoms with Gasteiger partial charge in [0.25, 0.3) is 5.91 Å². The summed E-state index contributed by atoms with van der Waals surface area (Å²) in [6.45, 7) is 3.85. The molecule has 0 aliphatic heterocycles. The molecule has 0 heterocycles. The van der Waals surface area contributed by atoms with Gasteiger partial charge in [-0.3, -0.25) is 10.2 Å². The summed E-state index contributed by atoms with van der Waals surface area (Å²) >= 11 is 0. The molecule has 15 heavy (non-hydrogen) atoms. The van der Waals surface area contributed by atoms with Crippen LogP contribution in [0.1, 0.15) is 19.4 Å². The van der Waals surface area contributed by atoms with E-state index < -0.39 is 0 Å². The summed E-state index contributed by atoms with van der Waals surface area (Å²) in [7, 11) is 0. The van der Waals surface area contributed by atoms with Gasteiger partial charge in [-0.1, -0.05) is 25.1 Å². The maximum atomic E-state index is 11.2. The molecule has 0 aliphatic rings. The highest BCUT2D eigenvalue weighted by molar-refractivity contribution is 5.83. The van der Waals surface area contributed by atoms with Crippen molar-refractivity contribution in [2.75, 3.05) is 5.32 Å². The van der Waals surface area contributed by atoms with Gasteiger partial charge in [0.1, 0.15) is 6.04 Å². The molecule has 4 N–H and O–H groups in total. The van der Waals surface area contributed by atoms with E-state index >= 15 is 0 Å². The quantitative estimate of drug-likeness (QED) is 0.392. The number of aryl methyl sites for hydroxylation is 1. The molecule has 0 radical (unpaired) electrons. The molecule has 0 fully saturated rings. The van der Waals surface area contributed by atoms with Crippen LogP contribution in [0.2, 0.25) is 0 Å². The third-order valence-electron chi connectivity index (χ3n) is 2.31. The summed E-state index contributed by atoms with van der Waals surface area (Å²) in [5.74, 6) is 4.84. The van der Waals surface area contributed by atoms with Crippen LogP contribution in [-0.2, 0) is 11.2 Å². The molecule has 0 spiro atoms. The Kier molecular flexibility index (Phi) is 4.12. The van der Waals surface area contributed by atoms with Crippen molar-refractivity contribution in [2.45, 2.75) is 26.3 Å². The highest BCUT2D eigenvalue weighted by Gasteiger charge is 2.11. The lowest BCUT2D eigenvalue weighted by molar-refractivity contribution is -0.121. The summed E-state index contributed by atoms with van der Waals surface area (Å²) in [4.78, 5) is 11.2. The summed E-state index contributed by atoms with van der Waals surface area (Å²) in [5.41, 5.74) is 4.29. The van der Waals surface area contributed by atoms with Crippen molar-refractivity contribution >= 4 is 11.6 Å². The predicted molar refractivity (Wildman–Crippen MR) is 61.2 cm³/mol. The number of hydrogen-bond donors (Lipinski definition) is 3. The molecule has 1 aromatic carbocycles. The fourth-order valence-corrected chi connectivity index (χ4v) is 1.39. The normalized spacial score (nSPS) is 11.9. The van der Waals surface area contributed by atoms with Gasteiger partial charge in [-0.05, 0) is 25.0 Å². The first-order valence-electron chi connectivity index (χ1n) is 5.04. The minimum Gasteiger partial charge on any atom is -0.374 e. The SMILES string of the molecule is CCc1ccccc1NC(C)C(=O)NN. The van der Waals surface area contributed by atoms with Crippen molar-refractivity contribution in [2.24, 2.45) is 5.84 Å².